The van der Waals surface area contributed by atoms with E-state index in [-0.39, 0.29) is 10.8 Å². The second-order valence-corrected chi connectivity index (χ2v) is 10.7. The van der Waals surface area contributed by atoms with Crippen molar-refractivity contribution >= 4 is 15.9 Å². The van der Waals surface area contributed by atoms with Crippen LogP contribution >= 0.6 is 0 Å². The van der Waals surface area contributed by atoms with Gasteiger partial charge in [-0.3, -0.25) is 4.79 Å². The molecule has 6 nitrogen and oxygen atoms in total. The van der Waals surface area contributed by atoms with Crippen LogP contribution in [0.5, 0.6) is 0 Å². The third-order valence-corrected chi connectivity index (χ3v) is 7.92. The van der Waals surface area contributed by atoms with E-state index in [0.29, 0.717) is 19.5 Å². The van der Waals surface area contributed by atoms with E-state index in [0.717, 1.165) is 37.6 Å². The molecule has 2 heterocycles. The fourth-order valence-electron chi connectivity index (χ4n) is 4.78. The Balaban J connectivity index is 1.44. The Morgan fingerprint density at radius 3 is 2.48 bits per heavy atom. The van der Waals surface area contributed by atoms with Crippen LogP contribution in [0.25, 0.3) is 0 Å². The molecule has 0 aliphatic carbocycles. The van der Waals surface area contributed by atoms with Gasteiger partial charge >= 0.3 is 0 Å². The van der Waals surface area contributed by atoms with E-state index in [2.05, 4.69) is 24.1 Å². The van der Waals surface area contributed by atoms with Crippen LogP contribution in [-0.2, 0) is 14.8 Å². The molecule has 162 valence electrons. The van der Waals surface area contributed by atoms with Gasteiger partial charge in [0.25, 0.3) is 0 Å². The van der Waals surface area contributed by atoms with Crippen molar-refractivity contribution in [1.29, 1.82) is 0 Å². The van der Waals surface area contributed by atoms with E-state index in [9.17, 15) is 13.2 Å². The molecule has 3 rings (SSSR count). The molecule has 1 aromatic rings. The topological polar surface area (TPSA) is 69.7 Å². The maximum Gasteiger partial charge on any atom is 0.243 e. The highest BCUT2D eigenvalue weighted by molar-refractivity contribution is 7.89. The van der Waals surface area contributed by atoms with E-state index in [1.54, 1.807) is 30.3 Å². The summed E-state index contributed by atoms with van der Waals surface area (Å²) < 4.78 is 27.2. The van der Waals surface area contributed by atoms with Crippen LogP contribution in [0.1, 0.15) is 46.0 Å². The predicted octanol–water partition coefficient (Wildman–Crippen LogP) is 2.71. The minimum atomic E-state index is -3.63. The number of likely N-dealkylation sites (tertiary alicyclic amines) is 1. The number of nitrogens with one attached hydrogen (secondary N) is 1. The van der Waals surface area contributed by atoms with Crippen LogP contribution in [0.15, 0.2) is 35.2 Å². The van der Waals surface area contributed by atoms with Gasteiger partial charge in [-0.25, -0.2) is 8.42 Å². The highest BCUT2D eigenvalue weighted by atomic mass is 32.2. The largest absolute Gasteiger partial charge is 0.355 e. The number of sulfonamides is 1. The Kier molecular flexibility index (Phi) is 7.71. The van der Waals surface area contributed by atoms with E-state index in [4.69, 9.17) is 0 Å². The van der Waals surface area contributed by atoms with Gasteiger partial charge in [-0.05, 0) is 62.6 Å². The second kappa shape index (κ2) is 10.0. The Bertz CT molecular complexity index is 759. The van der Waals surface area contributed by atoms with E-state index in [1.807, 2.05) is 0 Å². The van der Waals surface area contributed by atoms with Crippen LogP contribution in [0.4, 0.5) is 0 Å². The summed E-state index contributed by atoms with van der Waals surface area (Å²) in [5, 5.41) is 2.97. The third-order valence-electron chi connectivity index (χ3n) is 6.00. The Morgan fingerprint density at radius 2 is 1.79 bits per heavy atom. The zero-order chi connectivity index (χ0) is 20.9. The molecule has 0 spiro atoms. The first-order chi connectivity index (χ1) is 13.9. The van der Waals surface area contributed by atoms with Crippen LogP contribution < -0.4 is 5.32 Å². The summed E-state index contributed by atoms with van der Waals surface area (Å²) in [7, 11) is -3.63. The van der Waals surface area contributed by atoms with Gasteiger partial charge < -0.3 is 10.2 Å². The second-order valence-electron chi connectivity index (χ2n) is 8.79. The zero-order valence-corrected chi connectivity index (χ0v) is 18.5. The summed E-state index contributed by atoms with van der Waals surface area (Å²) in [6, 6.07) is 7.79. The minimum Gasteiger partial charge on any atom is -0.355 e. The minimum absolute atomic E-state index is 0.165. The summed E-state index contributed by atoms with van der Waals surface area (Å²) >= 11 is 0. The molecule has 0 aromatic heterocycles. The lowest BCUT2D eigenvalue weighted by molar-refractivity contribution is -0.124. The zero-order valence-electron chi connectivity index (χ0n) is 17.7. The molecular formula is C22H35N3O3S. The van der Waals surface area contributed by atoms with Crippen LogP contribution in [0.3, 0.4) is 0 Å². The fraction of sp³-hybridized carbons (Fsp3) is 0.682. The molecule has 0 saturated carbocycles. The highest BCUT2D eigenvalue weighted by Gasteiger charge is 2.39. The van der Waals surface area contributed by atoms with E-state index >= 15 is 0 Å². The number of carbonyl (C=O) groups excluding carboxylic acids is 1. The lowest BCUT2D eigenvalue weighted by Crippen LogP contribution is -2.46. The van der Waals surface area contributed by atoms with Crippen molar-refractivity contribution in [2.45, 2.75) is 56.9 Å². The Hall–Kier alpha value is -1.44. The lowest BCUT2D eigenvalue weighted by atomic mass is 9.92. The summed E-state index contributed by atoms with van der Waals surface area (Å²) in [4.78, 5) is 15.4. The van der Waals surface area contributed by atoms with Crippen LogP contribution in [0, 0.1) is 11.8 Å². The average molecular weight is 422 g/mol. The van der Waals surface area contributed by atoms with Gasteiger partial charge in [0.1, 0.15) is 6.04 Å². The quantitative estimate of drug-likeness (QED) is 0.655. The number of benzene rings is 1. The number of piperidine rings is 1. The summed E-state index contributed by atoms with van der Waals surface area (Å²) in [5.41, 5.74) is 0. The normalized spacial score (nSPS) is 26.5. The van der Waals surface area contributed by atoms with Gasteiger partial charge in [-0.2, -0.15) is 4.31 Å². The van der Waals surface area contributed by atoms with E-state index in [1.165, 1.54) is 23.8 Å². The molecule has 2 saturated heterocycles. The van der Waals surface area contributed by atoms with Gasteiger partial charge in [-0.15, -0.1) is 0 Å². The van der Waals surface area contributed by atoms with Gasteiger partial charge in [-0.1, -0.05) is 32.0 Å². The van der Waals surface area contributed by atoms with Crippen molar-refractivity contribution in [3.8, 4) is 0 Å². The summed E-state index contributed by atoms with van der Waals surface area (Å²) in [5.74, 6) is 1.36. The van der Waals surface area contributed by atoms with Crippen molar-refractivity contribution in [3.05, 3.63) is 30.3 Å². The average Bonchev–Trinajstić information content (AvgIpc) is 3.18. The van der Waals surface area contributed by atoms with Gasteiger partial charge in [0.2, 0.25) is 15.9 Å². The third kappa shape index (κ3) is 5.80. The smallest absolute Gasteiger partial charge is 0.243 e. The lowest BCUT2D eigenvalue weighted by Gasteiger charge is -2.34. The van der Waals surface area contributed by atoms with Crippen molar-refractivity contribution in [2.75, 3.05) is 32.7 Å². The number of carbonyl (C=O) groups is 1. The molecule has 0 radical (unpaired) electrons. The first-order valence-electron chi connectivity index (χ1n) is 10.9. The molecule has 3 atom stereocenters. The molecule has 1 N–H and O–H groups in total. The molecule has 29 heavy (non-hydrogen) atoms. The van der Waals surface area contributed by atoms with Crippen molar-refractivity contribution in [3.63, 3.8) is 0 Å². The summed E-state index contributed by atoms with van der Waals surface area (Å²) in [6.07, 6.45) is 4.59. The molecule has 2 fully saturated rings. The maximum atomic E-state index is 12.9. The SMILES string of the molecule is CC1CC(C)CN(CCCCNC(=O)C2CCCN2S(=O)(=O)c2ccccc2)C1. The van der Waals surface area contributed by atoms with Gasteiger partial charge in [0.15, 0.2) is 0 Å². The molecule has 7 heteroatoms. The Morgan fingerprint density at radius 1 is 1.10 bits per heavy atom. The monoisotopic (exact) mass is 421 g/mol. The maximum absolute atomic E-state index is 12.9. The molecule has 1 aromatic carbocycles. The number of nitrogens with zero attached hydrogens (tertiary/aromatic N) is 2. The standard InChI is InChI=1S/C22H35N3O3S/c1-18-15-19(2)17-24(16-18)13-7-6-12-23-22(26)21-11-8-14-25(21)29(27,28)20-9-4-3-5-10-20/h3-5,9-10,18-19,21H,6-8,11-17H2,1-2H3,(H,23,26). The number of unbranched alkanes of at least 4 members (excludes halogenated alkanes) is 1. The number of hydrogen-bond donors (Lipinski definition) is 1. The Labute approximate surface area is 175 Å². The first-order valence-corrected chi connectivity index (χ1v) is 12.4. The van der Waals surface area contributed by atoms with Gasteiger partial charge in [0.05, 0.1) is 4.90 Å². The van der Waals surface area contributed by atoms with Crippen molar-refractivity contribution in [1.82, 2.24) is 14.5 Å². The van der Waals surface area contributed by atoms with E-state index < -0.39 is 16.1 Å². The molecule has 3 unspecified atom stereocenters. The van der Waals surface area contributed by atoms with Gasteiger partial charge in [0, 0.05) is 26.2 Å². The number of rotatable bonds is 8. The molecule has 0 bridgehead atoms. The van der Waals surface area contributed by atoms with Crippen LogP contribution in [0.2, 0.25) is 0 Å². The van der Waals surface area contributed by atoms with Crippen LogP contribution in [-0.4, -0.2) is 62.3 Å². The predicted molar refractivity (Wildman–Crippen MR) is 115 cm³/mol. The summed E-state index contributed by atoms with van der Waals surface area (Å²) in [6.45, 7) is 9.06. The number of amides is 1. The molecule has 2 aliphatic rings. The fourth-order valence-corrected chi connectivity index (χ4v) is 6.46. The van der Waals surface area contributed by atoms with Crippen molar-refractivity contribution in [2.24, 2.45) is 11.8 Å². The molecule has 2 aliphatic heterocycles. The highest BCUT2D eigenvalue weighted by Crippen LogP contribution is 2.26. The molecular weight excluding hydrogens is 386 g/mol. The number of hydrogen-bond acceptors (Lipinski definition) is 4. The first kappa shape index (κ1) is 22.2. The van der Waals surface area contributed by atoms with Crippen molar-refractivity contribution < 1.29 is 13.2 Å². The molecule has 1 amide bonds.